The first-order chi connectivity index (χ1) is 10.1. The predicted molar refractivity (Wildman–Crippen MR) is 81.4 cm³/mol. The molecule has 0 N–H and O–H groups in total. The van der Waals surface area contributed by atoms with Crippen molar-refractivity contribution in [3.8, 4) is 0 Å². The lowest BCUT2D eigenvalue weighted by Crippen LogP contribution is -2.42. The highest BCUT2D eigenvalue weighted by Gasteiger charge is 2.31. The Kier molecular flexibility index (Phi) is 4.33. The lowest BCUT2D eigenvalue weighted by molar-refractivity contribution is 0.226. The summed E-state index contributed by atoms with van der Waals surface area (Å²) in [6.07, 6.45) is 5.31. The van der Waals surface area contributed by atoms with E-state index in [1.165, 1.54) is 25.9 Å². The zero-order valence-corrected chi connectivity index (χ0v) is 13.4. The maximum Gasteiger partial charge on any atom is 0.214 e. The van der Waals surface area contributed by atoms with E-state index in [9.17, 15) is 8.42 Å². The third-order valence-electron chi connectivity index (χ3n) is 4.59. The number of hydrogen-bond acceptors (Lipinski definition) is 4. The van der Waals surface area contributed by atoms with Crippen LogP contribution in [0.4, 0.5) is 0 Å². The van der Waals surface area contributed by atoms with Crippen LogP contribution in [0.5, 0.6) is 0 Å². The first kappa shape index (κ1) is 15.0. The fourth-order valence-corrected chi connectivity index (χ4v) is 4.39. The lowest BCUT2D eigenvalue weighted by atomic mass is 10.1. The molecule has 1 aromatic heterocycles. The predicted octanol–water partition coefficient (Wildman–Crippen LogP) is 1.08. The minimum Gasteiger partial charge on any atom is -0.303 e. The molecule has 6 nitrogen and oxygen atoms in total. The highest BCUT2D eigenvalue weighted by molar-refractivity contribution is 7.89. The van der Waals surface area contributed by atoms with E-state index in [4.69, 9.17) is 0 Å². The van der Waals surface area contributed by atoms with Gasteiger partial charge in [-0.1, -0.05) is 0 Å². The van der Waals surface area contributed by atoms with E-state index in [1.54, 1.807) is 17.4 Å². The van der Waals surface area contributed by atoms with Crippen molar-refractivity contribution in [1.29, 1.82) is 0 Å². The number of aromatic nitrogens is 2. The Balaban J connectivity index is 1.72. The maximum absolute atomic E-state index is 12.2. The third kappa shape index (κ3) is 3.14. The van der Waals surface area contributed by atoms with E-state index in [0.29, 0.717) is 13.1 Å². The van der Waals surface area contributed by atoms with Gasteiger partial charge in [0.2, 0.25) is 10.0 Å². The van der Waals surface area contributed by atoms with Gasteiger partial charge in [-0.2, -0.15) is 9.40 Å². The molecule has 1 aromatic rings. The summed E-state index contributed by atoms with van der Waals surface area (Å²) < 4.78 is 28.0. The topological polar surface area (TPSA) is 58.4 Å². The van der Waals surface area contributed by atoms with Crippen LogP contribution < -0.4 is 0 Å². The van der Waals surface area contributed by atoms with E-state index < -0.39 is 10.0 Å². The minimum atomic E-state index is -3.13. The summed E-state index contributed by atoms with van der Waals surface area (Å²) in [5, 5.41) is 4.40. The van der Waals surface area contributed by atoms with E-state index in [-0.39, 0.29) is 11.8 Å². The molecule has 1 atom stereocenters. The highest BCUT2D eigenvalue weighted by Crippen LogP contribution is 2.25. The summed E-state index contributed by atoms with van der Waals surface area (Å²) in [6.45, 7) is 6.10. The van der Waals surface area contributed by atoms with E-state index in [1.807, 2.05) is 10.7 Å². The number of nitrogens with zero attached hydrogens (tertiary/aromatic N) is 4. The molecule has 21 heavy (non-hydrogen) atoms. The van der Waals surface area contributed by atoms with Crippen molar-refractivity contribution in [2.24, 2.45) is 0 Å². The minimum absolute atomic E-state index is 0.158. The molecule has 3 heterocycles. The third-order valence-corrected chi connectivity index (χ3v) is 6.38. The van der Waals surface area contributed by atoms with Crippen LogP contribution in [0, 0.1) is 0 Å². The summed E-state index contributed by atoms with van der Waals surface area (Å²) >= 11 is 0. The van der Waals surface area contributed by atoms with Gasteiger partial charge >= 0.3 is 0 Å². The van der Waals surface area contributed by atoms with Crippen molar-refractivity contribution < 1.29 is 8.42 Å². The summed E-state index contributed by atoms with van der Waals surface area (Å²) in [7, 11) is -3.13. The molecule has 3 rings (SSSR count). The van der Waals surface area contributed by atoms with Crippen LogP contribution in [0.15, 0.2) is 12.3 Å². The van der Waals surface area contributed by atoms with Gasteiger partial charge in [0.25, 0.3) is 0 Å². The number of sulfonamides is 1. The van der Waals surface area contributed by atoms with Gasteiger partial charge in [-0.15, -0.1) is 0 Å². The number of fused-ring (bicyclic) bond motifs is 1. The molecule has 0 aromatic carbocycles. The SMILES string of the molecule is CCS(=O)(=O)N1Cc2ccnn2[C@H](CCN2CCCC2)C1. The van der Waals surface area contributed by atoms with Gasteiger partial charge in [-0.25, -0.2) is 8.42 Å². The Morgan fingerprint density at radius 3 is 2.81 bits per heavy atom. The van der Waals surface area contributed by atoms with Crippen LogP contribution in [-0.4, -0.2) is 59.3 Å². The van der Waals surface area contributed by atoms with Crippen LogP contribution in [-0.2, 0) is 16.6 Å². The first-order valence-corrected chi connectivity index (χ1v) is 9.43. The van der Waals surface area contributed by atoms with Crippen LogP contribution in [0.3, 0.4) is 0 Å². The summed E-state index contributed by atoms with van der Waals surface area (Å²) in [6, 6.07) is 2.09. The molecule has 0 amide bonds. The van der Waals surface area contributed by atoms with Gasteiger partial charge in [0.1, 0.15) is 0 Å². The largest absolute Gasteiger partial charge is 0.303 e. The van der Waals surface area contributed by atoms with Crippen molar-refractivity contribution in [3.63, 3.8) is 0 Å². The van der Waals surface area contributed by atoms with Gasteiger partial charge in [0.05, 0.1) is 24.0 Å². The van der Waals surface area contributed by atoms with Gasteiger partial charge in [0.15, 0.2) is 0 Å². The Morgan fingerprint density at radius 2 is 2.10 bits per heavy atom. The quantitative estimate of drug-likeness (QED) is 0.816. The number of rotatable bonds is 5. The van der Waals surface area contributed by atoms with Crippen molar-refractivity contribution in [2.45, 2.75) is 38.8 Å². The van der Waals surface area contributed by atoms with E-state index in [2.05, 4.69) is 10.00 Å². The highest BCUT2D eigenvalue weighted by atomic mass is 32.2. The molecule has 7 heteroatoms. The number of likely N-dealkylation sites (tertiary alicyclic amines) is 1. The Labute approximate surface area is 126 Å². The van der Waals surface area contributed by atoms with Crippen LogP contribution >= 0.6 is 0 Å². The molecule has 0 saturated carbocycles. The smallest absolute Gasteiger partial charge is 0.214 e. The molecule has 0 unspecified atom stereocenters. The fourth-order valence-electron chi connectivity index (χ4n) is 3.30. The molecular formula is C14H24N4O2S. The molecule has 1 fully saturated rings. The van der Waals surface area contributed by atoms with Gasteiger partial charge < -0.3 is 4.90 Å². The fraction of sp³-hybridized carbons (Fsp3) is 0.786. The lowest BCUT2D eigenvalue weighted by Gasteiger charge is -2.33. The Bertz CT molecular complexity index is 578. The van der Waals surface area contributed by atoms with Gasteiger partial charge in [-0.3, -0.25) is 4.68 Å². The summed E-state index contributed by atoms with van der Waals surface area (Å²) in [5.41, 5.74) is 1.00. The van der Waals surface area contributed by atoms with Crippen molar-refractivity contribution >= 4 is 10.0 Å². The molecule has 2 aliphatic rings. The molecule has 0 bridgehead atoms. The standard InChI is InChI=1S/C14H24N4O2S/c1-2-21(19,20)17-11-13-5-7-15-18(13)14(12-17)6-10-16-8-3-4-9-16/h5,7,14H,2-4,6,8-12H2,1H3/t14-/m1/s1. The van der Waals surface area contributed by atoms with Gasteiger partial charge in [0, 0.05) is 19.3 Å². The molecule has 118 valence electrons. The van der Waals surface area contributed by atoms with Crippen molar-refractivity contribution in [1.82, 2.24) is 19.0 Å². The zero-order chi connectivity index (χ0) is 14.9. The molecule has 0 spiro atoms. The molecule has 0 aliphatic carbocycles. The second-order valence-electron chi connectivity index (χ2n) is 5.95. The van der Waals surface area contributed by atoms with E-state index in [0.717, 1.165) is 18.7 Å². The monoisotopic (exact) mass is 312 g/mol. The average molecular weight is 312 g/mol. The molecule has 1 saturated heterocycles. The van der Waals surface area contributed by atoms with E-state index >= 15 is 0 Å². The zero-order valence-electron chi connectivity index (χ0n) is 12.6. The average Bonchev–Trinajstić information content (AvgIpc) is 3.15. The molecular weight excluding hydrogens is 288 g/mol. The van der Waals surface area contributed by atoms with Crippen molar-refractivity contribution in [2.75, 3.05) is 31.9 Å². The van der Waals surface area contributed by atoms with Crippen molar-refractivity contribution in [3.05, 3.63) is 18.0 Å². The van der Waals surface area contributed by atoms with Crippen LogP contribution in [0.2, 0.25) is 0 Å². The second-order valence-corrected chi connectivity index (χ2v) is 8.21. The first-order valence-electron chi connectivity index (χ1n) is 7.82. The summed E-state index contributed by atoms with van der Waals surface area (Å²) in [4.78, 5) is 2.47. The Hall–Kier alpha value is -0.920. The normalized spacial score (nSPS) is 24.3. The maximum atomic E-state index is 12.2. The van der Waals surface area contributed by atoms with Gasteiger partial charge in [-0.05, 0) is 45.3 Å². The van der Waals surface area contributed by atoms with Crippen LogP contribution in [0.25, 0.3) is 0 Å². The molecule has 0 radical (unpaired) electrons. The summed E-state index contributed by atoms with van der Waals surface area (Å²) in [5.74, 6) is 0.167. The molecule has 2 aliphatic heterocycles. The van der Waals surface area contributed by atoms with Crippen LogP contribution in [0.1, 0.15) is 37.9 Å². The Morgan fingerprint density at radius 1 is 1.33 bits per heavy atom. The number of hydrogen-bond donors (Lipinski definition) is 0. The second kappa shape index (κ2) is 6.06.